The first-order chi connectivity index (χ1) is 11.6. The van der Waals surface area contributed by atoms with E-state index >= 15 is 0 Å². The molecule has 2 aromatic carbocycles. The highest BCUT2D eigenvalue weighted by Gasteiger charge is 2.11. The second-order valence-electron chi connectivity index (χ2n) is 5.11. The Morgan fingerprint density at radius 3 is 2.67 bits per heavy atom. The Bertz CT molecular complexity index is 1150. The van der Waals surface area contributed by atoms with Crippen LogP contribution in [0.5, 0.6) is 0 Å². The van der Waals surface area contributed by atoms with Gasteiger partial charge in [-0.2, -0.15) is 9.50 Å². The molecule has 0 N–H and O–H groups in total. The van der Waals surface area contributed by atoms with E-state index in [0.29, 0.717) is 25.9 Å². The highest BCUT2D eigenvalue weighted by atomic mass is 35.5. The molecule has 2 heterocycles. The molecule has 0 unspecified atom stereocenters. The summed E-state index contributed by atoms with van der Waals surface area (Å²) in [7, 11) is 0. The molecule has 4 nitrogen and oxygen atoms in total. The van der Waals surface area contributed by atoms with Crippen LogP contribution >= 0.6 is 22.9 Å². The van der Waals surface area contributed by atoms with Crippen molar-refractivity contribution in [1.82, 2.24) is 14.6 Å². The Kier molecular flexibility index (Phi) is 3.63. The molecule has 0 aliphatic carbocycles. The molecule has 0 bridgehead atoms. The topological polar surface area (TPSA) is 47.3 Å². The van der Waals surface area contributed by atoms with Crippen molar-refractivity contribution in [3.63, 3.8) is 0 Å². The van der Waals surface area contributed by atoms with Gasteiger partial charge in [-0.3, -0.25) is 4.79 Å². The van der Waals surface area contributed by atoms with E-state index in [0.717, 1.165) is 5.56 Å². The van der Waals surface area contributed by atoms with Gasteiger partial charge in [0.1, 0.15) is 5.82 Å². The molecule has 0 atom stereocenters. The van der Waals surface area contributed by atoms with E-state index in [1.54, 1.807) is 42.5 Å². The smallest absolute Gasteiger partial charge is 0.266 e. The molecule has 0 saturated heterocycles. The minimum Gasteiger partial charge on any atom is -0.266 e. The fraction of sp³-hybridized carbons (Fsp3) is 0. The van der Waals surface area contributed by atoms with E-state index in [2.05, 4.69) is 10.1 Å². The first-order valence-electron chi connectivity index (χ1n) is 7.03. The quantitative estimate of drug-likeness (QED) is 0.553. The Morgan fingerprint density at radius 2 is 1.96 bits per heavy atom. The second kappa shape index (κ2) is 5.81. The molecule has 0 aliphatic rings. The third-order valence-electron chi connectivity index (χ3n) is 3.43. The molecular weight excluding hydrogens is 349 g/mol. The minimum absolute atomic E-state index is 0.271. The third kappa shape index (κ3) is 2.70. The molecule has 0 spiro atoms. The maximum absolute atomic E-state index is 13.2. The lowest BCUT2D eigenvalue weighted by atomic mass is 10.2. The van der Waals surface area contributed by atoms with Gasteiger partial charge in [-0.25, -0.2) is 4.39 Å². The van der Waals surface area contributed by atoms with Crippen LogP contribution in [-0.2, 0) is 0 Å². The zero-order chi connectivity index (χ0) is 16.7. The van der Waals surface area contributed by atoms with Crippen molar-refractivity contribution in [1.29, 1.82) is 0 Å². The number of benzene rings is 2. The molecule has 4 aromatic rings. The summed E-state index contributed by atoms with van der Waals surface area (Å²) in [6, 6.07) is 13.1. The number of nitrogens with zero attached hydrogens (tertiary/aromatic N) is 3. The van der Waals surface area contributed by atoms with E-state index < -0.39 is 0 Å². The number of halogens is 2. The lowest BCUT2D eigenvalue weighted by Crippen LogP contribution is -2.23. The normalized spacial score (nSPS) is 12.2. The predicted molar refractivity (Wildman–Crippen MR) is 92.8 cm³/mol. The third-order valence-corrected chi connectivity index (χ3v) is 4.64. The maximum Gasteiger partial charge on any atom is 0.291 e. The van der Waals surface area contributed by atoms with E-state index in [1.165, 1.54) is 28.0 Å². The van der Waals surface area contributed by atoms with Gasteiger partial charge in [0.05, 0.1) is 4.53 Å². The van der Waals surface area contributed by atoms with Gasteiger partial charge in [0.25, 0.3) is 5.56 Å². The van der Waals surface area contributed by atoms with E-state index in [4.69, 9.17) is 11.6 Å². The lowest BCUT2D eigenvalue weighted by Gasteiger charge is -1.94. The molecule has 7 heteroatoms. The summed E-state index contributed by atoms with van der Waals surface area (Å²) in [6.07, 6.45) is 1.63. The van der Waals surface area contributed by atoms with Crippen LogP contribution in [-0.4, -0.2) is 14.6 Å². The van der Waals surface area contributed by atoms with E-state index in [-0.39, 0.29) is 11.4 Å². The number of hydrogen-bond acceptors (Lipinski definition) is 4. The number of rotatable bonds is 2. The molecule has 2 aromatic heterocycles. The van der Waals surface area contributed by atoms with Crippen LogP contribution in [0, 0.1) is 5.82 Å². The molecule has 0 aliphatic heterocycles. The van der Waals surface area contributed by atoms with Gasteiger partial charge < -0.3 is 0 Å². The molecular formula is C17H9ClFN3OS. The summed E-state index contributed by atoms with van der Waals surface area (Å²) >= 11 is 7.08. The van der Waals surface area contributed by atoms with Gasteiger partial charge in [0.2, 0.25) is 4.96 Å². The Morgan fingerprint density at radius 1 is 1.17 bits per heavy atom. The Hall–Kier alpha value is -2.57. The van der Waals surface area contributed by atoms with Gasteiger partial charge >= 0.3 is 0 Å². The fourth-order valence-corrected chi connectivity index (χ4v) is 3.34. The SMILES string of the molecule is O=c1c(=Cc2cccc(F)c2)sc2nc(-c3ccc(Cl)cc3)nn12. The first-order valence-corrected chi connectivity index (χ1v) is 8.22. The lowest BCUT2D eigenvalue weighted by molar-refractivity contribution is 0.627. The minimum atomic E-state index is -0.347. The Balaban J connectivity index is 1.81. The van der Waals surface area contributed by atoms with Gasteiger partial charge in [-0.1, -0.05) is 35.1 Å². The summed E-state index contributed by atoms with van der Waals surface area (Å²) in [4.78, 5) is 17.3. The summed E-state index contributed by atoms with van der Waals surface area (Å²) < 4.78 is 15.0. The first kappa shape index (κ1) is 15.0. The van der Waals surface area contributed by atoms with Crippen molar-refractivity contribution < 1.29 is 4.39 Å². The van der Waals surface area contributed by atoms with Crippen molar-refractivity contribution in [2.75, 3.05) is 0 Å². The molecule has 118 valence electrons. The van der Waals surface area contributed by atoms with Gasteiger partial charge in [-0.15, -0.1) is 5.10 Å². The standard InChI is InChI=1S/C17H9ClFN3OS/c18-12-6-4-11(5-7-12)15-20-17-22(21-15)16(23)14(24-17)9-10-2-1-3-13(19)8-10/h1-9H. The van der Waals surface area contributed by atoms with Crippen LogP contribution in [0.4, 0.5) is 4.39 Å². The Labute approximate surface area is 144 Å². The maximum atomic E-state index is 13.2. The molecule has 0 saturated carbocycles. The molecule has 4 rings (SSSR count). The number of hydrogen-bond donors (Lipinski definition) is 0. The highest BCUT2D eigenvalue weighted by Crippen LogP contribution is 2.19. The van der Waals surface area contributed by atoms with Crippen LogP contribution in [0.3, 0.4) is 0 Å². The van der Waals surface area contributed by atoms with E-state index in [9.17, 15) is 9.18 Å². The monoisotopic (exact) mass is 357 g/mol. The summed E-state index contributed by atoms with van der Waals surface area (Å²) in [5.41, 5.74) is 1.13. The number of fused-ring (bicyclic) bond motifs is 1. The average molecular weight is 358 g/mol. The molecule has 24 heavy (non-hydrogen) atoms. The van der Waals surface area contributed by atoms with Crippen molar-refractivity contribution >= 4 is 34.0 Å². The highest BCUT2D eigenvalue weighted by molar-refractivity contribution is 7.15. The molecule has 0 amide bonds. The largest absolute Gasteiger partial charge is 0.291 e. The predicted octanol–water partition coefficient (Wildman–Crippen LogP) is 3.16. The summed E-state index contributed by atoms with van der Waals surface area (Å²) in [6.45, 7) is 0. The van der Waals surface area contributed by atoms with Crippen molar-refractivity contribution in [2.24, 2.45) is 0 Å². The van der Waals surface area contributed by atoms with Crippen LogP contribution in [0.25, 0.3) is 22.4 Å². The average Bonchev–Trinajstić information content (AvgIpc) is 3.09. The summed E-state index contributed by atoms with van der Waals surface area (Å²) in [5, 5.41) is 4.88. The van der Waals surface area contributed by atoms with Crippen LogP contribution in [0.1, 0.15) is 5.56 Å². The van der Waals surface area contributed by atoms with Gasteiger partial charge in [0.15, 0.2) is 5.82 Å². The zero-order valence-electron chi connectivity index (χ0n) is 12.1. The molecule has 0 radical (unpaired) electrons. The number of thiazole rings is 1. The molecule has 0 fully saturated rings. The van der Waals surface area contributed by atoms with Crippen LogP contribution in [0.15, 0.2) is 53.3 Å². The van der Waals surface area contributed by atoms with E-state index in [1.807, 2.05) is 0 Å². The van der Waals surface area contributed by atoms with Crippen molar-refractivity contribution in [2.45, 2.75) is 0 Å². The van der Waals surface area contributed by atoms with Crippen LogP contribution in [0.2, 0.25) is 5.02 Å². The van der Waals surface area contributed by atoms with Crippen LogP contribution < -0.4 is 10.1 Å². The second-order valence-corrected chi connectivity index (χ2v) is 6.55. The number of aromatic nitrogens is 3. The van der Waals surface area contributed by atoms with Gasteiger partial charge in [0, 0.05) is 10.6 Å². The zero-order valence-corrected chi connectivity index (χ0v) is 13.7. The van der Waals surface area contributed by atoms with Crippen molar-refractivity contribution in [3.05, 3.63) is 79.8 Å². The van der Waals surface area contributed by atoms with Crippen molar-refractivity contribution in [3.8, 4) is 11.4 Å². The fourth-order valence-electron chi connectivity index (χ4n) is 2.30. The van der Waals surface area contributed by atoms with Gasteiger partial charge in [-0.05, 0) is 48.0 Å². The summed E-state index contributed by atoms with van der Waals surface area (Å²) in [5.74, 6) is 0.119.